The minimum Gasteiger partial charge on any atom is -0.469 e. The molecule has 5 rings (SSSR count). The summed E-state index contributed by atoms with van der Waals surface area (Å²) in [6, 6.07) is 5.56. The van der Waals surface area contributed by atoms with Gasteiger partial charge in [0.25, 0.3) is 11.8 Å². The van der Waals surface area contributed by atoms with Crippen molar-refractivity contribution in [2.45, 2.75) is 37.9 Å². The molecule has 13 heteroatoms. The van der Waals surface area contributed by atoms with Crippen LogP contribution in [0.15, 0.2) is 24.3 Å². The van der Waals surface area contributed by atoms with Crippen molar-refractivity contribution in [3.63, 3.8) is 0 Å². The van der Waals surface area contributed by atoms with E-state index >= 15 is 0 Å². The first-order valence-corrected chi connectivity index (χ1v) is 14.1. The zero-order valence-electron chi connectivity index (χ0n) is 22.3. The summed E-state index contributed by atoms with van der Waals surface area (Å²) < 4.78 is 9.94. The molecule has 0 bridgehead atoms. The first kappa shape index (κ1) is 28.1. The number of aromatic nitrogens is 2. The summed E-state index contributed by atoms with van der Waals surface area (Å²) in [5, 5.41) is 7.56. The number of amides is 2. The smallest absolute Gasteiger partial charge is 0.309 e. The third kappa shape index (κ3) is 5.70. The fourth-order valence-corrected chi connectivity index (χ4v) is 6.74. The number of hydrogen-bond donors (Lipinski definition) is 3. The summed E-state index contributed by atoms with van der Waals surface area (Å²) in [7, 11) is 4.51. The van der Waals surface area contributed by atoms with E-state index in [-0.39, 0.29) is 12.8 Å². The van der Waals surface area contributed by atoms with Gasteiger partial charge in [0.05, 0.1) is 43.8 Å². The molecule has 2 unspecified atom stereocenters. The Morgan fingerprint density at radius 1 is 1.02 bits per heavy atom. The number of fused-ring (bicyclic) bond motifs is 2. The van der Waals surface area contributed by atoms with Crippen LogP contribution in [0.5, 0.6) is 0 Å². The van der Waals surface area contributed by atoms with Gasteiger partial charge < -0.3 is 30.0 Å². The fraction of sp³-hybridized carbons (Fsp3) is 0.444. The van der Waals surface area contributed by atoms with Gasteiger partial charge in [-0.3, -0.25) is 19.2 Å². The minimum atomic E-state index is -0.861. The van der Waals surface area contributed by atoms with E-state index in [9.17, 15) is 19.2 Å². The molecular weight excluding hydrogens is 558 g/mol. The lowest BCUT2D eigenvalue weighted by Gasteiger charge is -2.39. The van der Waals surface area contributed by atoms with Crippen molar-refractivity contribution < 1.29 is 28.7 Å². The number of H-pyrrole nitrogens is 1. The molecule has 1 aliphatic carbocycles. The summed E-state index contributed by atoms with van der Waals surface area (Å²) in [5.41, 5.74) is 1.95. The Kier molecular flexibility index (Phi) is 8.11. The first-order chi connectivity index (χ1) is 19.2. The van der Waals surface area contributed by atoms with E-state index in [1.165, 1.54) is 25.6 Å². The number of aromatic amines is 1. The summed E-state index contributed by atoms with van der Waals surface area (Å²) in [6.07, 6.45) is 0.895. The van der Waals surface area contributed by atoms with Gasteiger partial charge in [-0.15, -0.1) is 11.3 Å². The van der Waals surface area contributed by atoms with Gasteiger partial charge in [0.2, 0.25) is 0 Å². The third-order valence-electron chi connectivity index (χ3n) is 7.57. The van der Waals surface area contributed by atoms with Gasteiger partial charge in [0.1, 0.15) is 5.69 Å². The highest BCUT2D eigenvalue weighted by Crippen LogP contribution is 2.34. The summed E-state index contributed by atoms with van der Waals surface area (Å²) in [4.78, 5) is 62.9. The zero-order chi connectivity index (χ0) is 28.6. The van der Waals surface area contributed by atoms with Crippen molar-refractivity contribution in [1.29, 1.82) is 0 Å². The largest absolute Gasteiger partial charge is 0.469 e. The third-order valence-corrected chi connectivity index (χ3v) is 8.89. The van der Waals surface area contributed by atoms with Crippen molar-refractivity contribution in [3.8, 4) is 0 Å². The predicted octanol–water partition coefficient (Wildman–Crippen LogP) is 2.53. The van der Waals surface area contributed by atoms with Crippen LogP contribution < -0.4 is 10.6 Å². The first-order valence-electron chi connectivity index (χ1n) is 12.9. The number of hydrogen-bond acceptors (Lipinski definition) is 9. The number of halogens is 1. The number of rotatable bonds is 6. The summed E-state index contributed by atoms with van der Waals surface area (Å²) in [5.74, 6) is -3.71. The number of benzene rings is 1. The van der Waals surface area contributed by atoms with E-state index in [1.54, 1.807) is 24.3 Å². The van der Waals surface area contributed by atoms with Crippen molar-refractivity contribution in [1.82, 2.24) is 25.5 Å². The maximum absolute atomic E-state index is 13.4. The van der Waals surface area contributed by atoms with Crippen molar-refractivity contribution in [3.05, 3.63) is 50.6 Å². The Morgan fingerprint density at radius 2 is 1.68 bits per heavy atom. The molecule has 0 saturated heterocycles. The predicted molar refractivity (Wildman–Crippen MR) is 148 cm³/mol. The lowest BCUT2D eigenvalue weighted by atomic mass is 9.74. The highest BCUT2D eigenvalue weighted by molar-refractivity contribution is 7.13. The molecule has 3 aromatic rings. The summed E-state index contributed by atoms with van der Waals surface area (Å²) >= 11 is 7.43. The zero-order valence-corrected chi connectivity index (χ0v) is 23.9. The van der Waals surface area contributed by atoms with E-state index < -0.39 is 47.7 Å². The lowest BCUT2D eigenvalue weighted by molar-refractivity contribution is -0.160. The molecule has 3 heterocycles. The number of carbonyl (C=O) groups is 4. The molecule has 0 spiro atoms. The van der Waals surface area contributed by atoms with Crippen LogP contribution in [0, 0.1) is 11.8 Å². The SMILES string of the molecule is COC(=O)C1C[C@H](NC(=O)c2cc3cc(Cl)ccc3[nH]2)[C@H](NC(=O)c2nc3c(s2)CN(C)CC3)CC1C(=O)OC. The highest BCUT2D eigenvalue weighted by atomic mass is 35.5. The van der Waals surface area contributed by atoms with Crippen LogP contribution in [0.3, 0.4) is 0 Å². The number of esters is 2. The molecule has 1 aromatic carbocycles. The molecule has 40 heavy (non-hydrogen) atoms. The van der Waals surface area contributed by atoms with Gasteiger partial charge in [0.15, 0.2) is 5.01 Å². The lowest BCUT2D eigenvalue weighted by Crippen LogP contribution is -2.58. The molecular formula is C27H30ClN5O6S. The number of likely N-dealkylation sites (N-methyl/N-ethyl adjacent to an activating group) is 1. The van der Waals surface area contributed by atoms with Gasteiger partial charge in [-0.05, 0) is 44.2 Å². The Hall–Kier alpha value is -3.48. The van der Waals surface area contributed by atoms with Crippen molar-refractivity contribution in [2.75, 3.05) is 27.8 Å². The van der Waals surface area contributed by atoms with E-state index in [1.807, 2.05) is 7.05 Å². The van der Waals surface area contributed by atoms with Crippen LogP contribution in [0.25, 0.3) is 10.9 Å². The molecule has 0 radical (unpaired) electrons. The molecule has 3 N–H and O–H groups in total. The molecule has 2 aliphatic rings. The maximum atomic E-state index is 13.4. The quantitative estimate of drug-likeness (QED) is 0.373. The number of nitrogens with zero attached hydrogens (tertiary/aromatic N) is 2. The van der Waals surface area contributed by atoms with Crippen LogP contribution in [-0.2, 0) is 32.0 Å². The number of carbonyl (C=O) groups excluding carboxylic acids is 4. The molecule has 2 aromatic heterocycles. The molecule has 1 saturated carbocycles. The number of nitrogens with one attached hydrogen (secondary N) is 3. The molecule has 212 valence electrons. The second kappa shape index (κ2) is 11.6. The van der Waals surface area contributed by atoms with Crippen molar-refractivity contribution >= 4 is 57.6 Å². The molecule has 4 atom stereocenters. The van der Waals surface area contributed by atoms with E-state index in [0.29, 0.717) is 15.7 Å². The van der Waals surface area contributed by atoms with Gasteiger partial charge in [-0.2, -0.15) is 0 Å². The average molecular weight is 588 g/mol. The van der Waals surface area contributed by atoms with Crippen LogP contribution in [-0.4, -0.2) is 78.5 Å². The maximum Gasteiger partial charge on any atom is 0.309 e. The molecule has 11 nitrogen and oxygen atoms in total. The number of ether oxygens (including phenoxy) is 2. The van der Waals surface area contributed by atoms with E-state index in [0.717, 1.165) is 41.0 Å². The fourth-order valence-electron chi connectivity index (χ4n) is 5.47. The molecule has 2 amide bonds. The topological polar surface area (TPSA) is 143 Å². The van der Waals surface area contributed by atoms with Gasteiger partial charge >= 0.3 is 11.9 Å². The minimum absolute atomic E-state index is 0.0638. The van der Waals surface area contributed by atoms with Crippen LogP contribution in [0.2, 0.25) is 5.02 Å². The normalized spacial score (nSPS) is 22.8. The standard InChI is InChI=1S/C27H30ClN5O6S/c1-33-7-6-18-22(12-33)40-25(32-18)24(35)31-20-11-16(27(37)39-3)15(26(36)38-2)10-19(20)30-23(34)21-9-13-8-14(28)4-5-17(13)29-21/h4-5,8-9,15-16,19-20,29H,6-7,10-12H2,1-3H3,(H,30,34)(H,31,35)/t15?,16?,19-,20+/m0/s1. The van der Waals surface area contributed by atoms with E-state index in [4.69, 9.17) is 21.1 Å². The average Bonchev–Trinajstić information content (AvgIpc) is 3.56. The second-order valence-corrected chi connectivity index (χ2v) is 11.7. The Labute approximate surface area is 239 Å². The Morgan fingerprint density at radius 3 is 2.33 bits per heavy atom. The van der Waals surface area contributed by atoms with Crippen LogP contribution in [0.4, 0.5) is 0 Å². The number of methoxy groups -OCH3 is 2. The monoisotopic (exact) mass is 587 g/mol. The Bertz CT molecular complexity index is 1470. The molecule has 1 fully saturated rings. The van der Waals surface area contributed by atoms with Gasteiger partial charge in [-0.25, -0.2) is 4.98 Å². The highest BCUT2D eigenvalue weighted by Gasteiger charge is 2.46. The molecule has 1 aliphatic heterocycles. The number of thiazole rings is 1. The Balaban J connectivity index is 1.41. The van der Waals surface area contributed by atoms with Gasteiger partial charge in [0, 0.05) is 40.3 Å². The van der Waals surface area contributed by atoms with E-state index in [2.05, 4.69) is 25.5 Å². The second-order valence-electron chi connectivity index (χ2n) is 10.2. The van der Waals surface area contributed by atoms with Crippen LogP contribution in [0.1, 0.15) is 43.7 Å². The van der Waals surface area contributed by atoms with Crippen molar-refractivity contribution in [2.24, 2.45) is 11.8 Å². The van der Waals surface area contributed by atoms with Crippen LogP contribution >= 0.6 is 22.9 Å². The van der Waals surface area contributed by atoms with Gasteiger partial charge in [-0.1, -0.05) is 11.6 Å². The summed E-state index contributed by atoms with van der Waals surface area (Å²) in [6.45, 7) is 1.59.